The van der Waals surface area contributed by atoms with Crippen LogP contribution in [0.3, 0.4) is 0 Å². The minimum Gasteiger partial charge on any atom is -0.360 e. The van der Waals surface area contributed by atoms with E-state index in [9.17, 15) is 4.79 Å². The molecule has 2 aromatic heterocycles. The molecule has 2 heterocycles. The maximum Gasteiger partial charge on any atom is 0.209 e. The molecule has 0 aliphatic carbocycles. The van der Waals surface area contributed by atoms with E-state index in [1.165, 1.54) is 22.8 Å². The van der Waals surface area contributed by atoms with Gasteiger partial charge in [0.25, 0.3) is 0 Å². The van der Waals surface area contributed by atoms with Crippen LogP contribution >= 0.6 is 11.8 Å². The topological polar surface area (TPSA) is 89.6 Å². The zero-order valence-electron chi connectivity index (χ0n) is 9.91. The van der Waals surface area contributed by atoms with Crippen LogP contribution in [0.1, 0.15) is 10.4 Å². The molecule has 0 saturated carbocycles. The highest BCUT2D eigenvalue weighted by atomic mass is 32.2. The summed E-state index contributed by atoms with van der Waals surface area (Å²) < 4.78 is 1.30. The van der Waals surface area contributed by atoms with E-state index in [1.54, 1.807) is 6.20 Å². The first-order valence-electron chi connectivity index (χ1n) is 5.63. The van der Waals surface area contributed by atoms with Crippen LogP contribution in [0.25, 0.3) is 10.9 Å². The summed E-state index contributed by atoms with van der Waals surface area (Å²) in [7, 11) is 0. The van der Waals surface area contributed by atoms with Gasteiger partial charge in [-0.3, -0.25) is 4.79 Å². The highest BCUT2D eigenvalue weighted by Gasteiger charge is 2.13. The lowest BCUT2D eigenvalue weighted by Gasteiger charge is -1.99. The highest BCUT2D eigenvalue weighted by Crippen LogP contribution is 2.21. The van der Waals surface area contributed by atoms with E-state index < -0.39 is 0 Å². The van der Waals surface area contributed by atoms with Crippen molar-refractivity contribution < 1.29 is 4.79 Å². The van der Waals surface area contributed by atoms with Crippen LogP contribution in [0.5, 0.6) is 0 Å². The Balaban J connectivity index is 1.79. The number of nitrogens with one attached hydrogen (secondary N) is 1. The average molecular weight is 273 g/mol. The molecule has 96 valence electrons. The smallest absolute Gasteiger partial charge is 0.209 e. The second-order valence-corrected chi connectivity index (χ2v) is 4.92. The number of rotatable bonds is 4. The number of aromatic nitrogens is 4. The summed E-state index contributed by atoms with van der Waals surface area (Å²) in [6, 6.07) is 7.71. The molecule has 0 amide bonds. The van der Waals surface area contributed by atoms with Crippen LogP contribution in [0.4, 0.5) is 0 Å². The van der Waals surface area contributed by atoms with Gasteiger partial charge in [0, 0.05) is 22.7 Å². The third kappa shape index (κ3) is 2.19. The number of carbonyl (C=O) groups is 1. The highest BCUT2D eigenvalue weighted by molar-refractivity contribution is 7.99. The van der Waals surface area contributed by atoms with Gasteiger partial charge in [-0.2, -0.15) is 0 Å². The second kappa shape index (κ2) is 4.77. The number of H-pyrrole nitrogens is 1. The molecular formula is C12H11N5OS. The first-order chi connectivity index (χ1) is 9.25. The summed E-state index contributed by atoms with van der Waals surface area (Å²) in [5, 5.41) is 8.94. The third-order valence-electron chi connectivity index (χ3n) is 2.76. The number of nitrogen functional groups attached to an aromatic ring is 1. The summed E-state index contributed by atoms with van der Waals surface area (Å²) in [5.41, 5.74) is 1.64. The predicted molar refractivity (Wildman–Crippen MR) is 73.5 cm³/mol. The molecule has 19 heavy (non-hydrogen) atoms. The number of aromatic amines is 1. The van der Waals surface area contributed by atoms with E-state index in [0.717, 1.165) is 10.9 Å². The molecule has 0 bridgehead atoms. The van der Waals surface area contributed by atoms with Crippen molar-refractivity contribution >= 4 is 28.4 Å². The molecule has 1 aromatic carbocycles. The van der Waals surface area contributed by atoms with Gasteiger partial charge in [0.05, 0.1) is 5.75 Å². The number of hydrogen-bond acceptors (Lipinski definition) is 5. The molecule has 0 aliphatic rings. The van der Waals surface area contributed by atoms with Gasteiger partial charge in [0.2, 0.25) is 5.16 Å². The number of nitrogens with two attached hydrogens (primary N) is 1. The standard InChI is InChI=1S/C12H11N5OS/c13-17-7-15-16-12(17)19-6-11(18)9-5-14-10-4-2-1-3-8(9)10/h1-5,7,14H,6,13H2. The van der Waals surface area contributed by atoms with Crippen LogP contribution in [0.2, 0.25) is 0 Å². The van der Waals surface area contributed by atoms with Crippen molar-refractivity contribution in [1.29, 1.82) is 0 Å². The molecule has 0 aliphatic heterocycles. The molecular weight excluding hydrogens is 262 g/mol. The predicted octanol–water partition coefficient (Wildman–Crippen LogP) is 1.45. The van der Waals surface area contributed by atoms with Gasteiger partial charge >= 0.3 is 0 Å². The van der Waals surface area contributed by atoms with Crippen LogP contribution in [0, 0.1) is 0 Å². The number of thioether (sulfide) groups is 1. The summed E-state index contributed by atoms with van der Waals surface area (Å²) >= 11 is 1.27. The molecule has 7 heteroatoms. The number of carbonyl (C=O) groups excluding carboxylic acids is 1. The van der Waals surface area contributed by atoms with Crippen LogP contribution < -0.4 is 5.84 Å². The van der Waals surface area contributed by atoms with E-state index in [-0.39, 0.29) is 11.5 Å². The summed E-state index contributed by atoms with van der Waals surface area (Å²) in [5.74, 6) is 5.90. The number of para-hydroxylation sites is 1. The zero-order chi connectivity index (χ0) is 13.2. The minimum absolute atomic E-state index is 0.0328. The van der Waals surface area contributed by atoms with Gasteiger partial charge in [-0.15, -0.1) is 10.2 Å². The molecule has 0 unspecified atom stereocenters. The lowest BCUT2D eigenvalue weighted by atomic mass is 10.1. The number of hydrogen-bond donors (Lipinski definition) is 2. The van der Waals surface area contributed by atoms with Crippen molar-refractivity contribution in [3.05, 3.63) is 42.4 Å². The van der Waals surface area contributed by atoms with E-state index in [0.29, 0.717) is 10.7 Å². The molecule has 3 rings (SSSR count). The van der Waals surface area contributed by atoms with Gasteiger partial charge < -0.3 is 10.8 Å². The Hall–Kier alpha value is -2.28. The fourth-order valence-electron chi connectivity index (χ4n) is 1.85. The summed E-state index contributed by atoms with van der Waals surface area (Å²) in [6.45, 7) is 0. The van der Waals surface area contributed by atoms with Crippen molar-refractivity contribution in [2.45, 2.75) is 5.16 Å². The Labute approximate surface area is 113 Å². The van der Waals surface area contributed by atoms with E-state index in [1.807, 2.05) is 24.3 Å². The number of fused-ring (bicyclic) bond motifs is 1. The third-order valence-corrected chi connectivity index (χ3v) is 3.72. The van der Waals surface area contributed by atoms with Crippen molar-refractivity contribution in [1.82, 2.24) is 19.9 Å². The van der Waals surface area contributed by atoms with Gasteiger partial charge in [-0.25, -0.2) is 4.68 Å². The molecule has 0 saturated heterocycles. The number of nitrogens with zero attached hydrogens (tertiary/aromatic N) is 3. The molecule has 0 atom stereocenters. The zero-order valence-corrected chi connectivity index (χ0v) is 10.7. The summed E-state index contributed by atoms with van der Waals surface area (Å²) in [6.07, 6.45) is 3.14. The van der Waals surface area contributed by atoms with Crippen molar-refractivity contribution in [2.75, 3.05) is 11.6 Å². The molecule has 0 fully saturated rings. The number of ketones is 1. The quantitative estimate of drug-likeness (QED) is 0.426. The average Bonchev–Trinajstić information content (AvgIpc) is 3.02. The van der Waals surface area contributed by atoms with Gasteiger partial charge in [0.1, 0.15) is 6.33 Å². The monoisotopic (exact) mass is 273 g/mol. The van der Waals surface area contributed by atoms with Gasteiger partial charge in [-0.1, -0.05) is 30.0 Å². The maximum atomic E-state index is 12.2. The van der Waals surface area contributed by atoms with Crippen molar-refractivity contribution in [3.8, 4) is 0 Å². The van der Waals surface area contributed by atoms with Gasteiger partial charge in [0.15, 0.2) is 5.78 Å². The largest absolute Gasteiger partial charge is 0.360 e. The van der Waals surface area contributed by atoms with E-state index >= 15 is 0 Å². The Kier molecular flexibility index (Phi) is 2.96. The van der Waals surface area contributed by atoms with Crippen LogP contribution in [0.15, 0.2) is 41.9 Å². The normalized spacial score (nSPS) is 10.9. The first kappa shape index (κ1) is 11.8. The summed E-state index contributed by atoms with van der Waals surface area (Å²) in [4.78, 5) is 15.3. The molecule has 3 N–H and O–H groups in total. The fraction of sp³-hybridized carbons (Fsp3) is 0.0833. The fourth-order valence-corrected chi connectivity index (χ4v) is 2.56. The lowest BCUT2D eigenvalue weighted by Crippen LogP contribution is -2.09. The van der Waals surface area contributed by atoms with Gasteiger partial charge in [-0.05, 0) is 6.07 Å². The minimum atomic E-state index is 0.0328. The number of benzene rings is 1. The van der Waals surface area contributed by atoms with Crippen LogP contribution in [-0.4, -0.2) is 31.4 Å². The Bertz CT molecular complexity index is 732. The Morgan fingerprint density at radius 2 is 2.26 bits per heavy atom. The second-order valence-electron chi connectivity index (χ2n) is 3.98. The van der Waals surface area contributed by atoms with Crippen molar-refractivity contribution in [3.63, 3.8) is 0 Å². The SMILES string of the molecule is Nn1cnnc1SCC(=O)c1c[nH]c2ccccc12. The van der Waals surface area contributed by atoms with Crippen molar-refractivity contribution in [2.24, 2.45) is 0 Å². The van der Waals surface area contributed by atoms with E-state index in [4.69, 9.17) is 5.84 Å². The lowest BCUT2D eigenvalue weighted by molar-refractivity contribution is 0.102. The Morgan fingerprint density at radius 3 is 3.05 bits per heavy atom. The molecule has 6 nitrogen and oxygen atoms in total. The molecule has 0 radical (unpaired) electrons. The maximum absolute atomic E-state index is 12.2. The molecule has 3 aromatic rings. The molecule has 0 spiro atoms. The van der Waals surface area contributed by atoms with E-state index in [2.05, 4.69) is 15.2 Å². The number of Topliss-reactive ketones (excluding diaryl/α,β-unsaturated/α-hetero) is 1. The Morgan fingerprint density at radius 1 is 1.42 bits per heavy atom. The van der Waals surface area contributed by atoms with Crippen LogP contribution in [-0.2, 0) is 0 Å². The first-order valence-corrected chi connectivity index (χ1v) is 6.61.